The van der Waals surface area contributed by atoms with E-state index in [0.717, 1.165) is 37.1 Å². The summed E-state index contributed by atoms with van der Waals surface area (Å²) >= 11 is 0. The first-order valence-corrected chi connectivity index (χ1v) is 11.8. The van der Waals surface area contributed by atoms with Crippen LogP contribution in [0.5, 0.6) is 17.2 Å². The Morgan fingerprint density at radius 1 is 1.00 bits per heavy atom. The van der Waals surface area contributed by atoms with E-state index in [-0.39, 0.29) is 24.0 Å². The largest absolute Gasteiger partial charge is 0.507 e. The van der Waals surface area contributed by atoms with Gasteiger partial charge in [-0.15, -0.1) is 0 Å². The molecule has 5 heteroatoms. The molecular formula is C29H33NO4. The van der Waals surface area contributed by atoms with Crippen LogP contribution in [0.3, 0.4) is 0 Å². The highest BCUT2D eigenvalue weighted by molar-refractivity contribution is 5.78. The summed E-state index contributed by atoms with van der Waals surface area (Å²) < 4.78 is 10.9. The van der Waals surface area contributed by atoms with E-state index >= 15 is 0 Å². The lowest BCUT2D eigenvalue weighted by molar-refractivity contribution is -0.132. The Balaban J connectivity index is 1.58. The Morgan fingerprint density at radius 3 is 2.29 bits per heavy atom. The molecule has 3 aromatic carbocycles. The van der Waals surface area contributed by atoms with Crippen molar-refractivity contribution in [3.63, 3.8) is 0 Å². The lowest BCUT2D eigenvalue weighted by Gasteiger charge is -2.33. The van der Waals surface area contributed by atoms with Crippen LogP contribution in [0, 0.1) is 6.92 Å². The highest BCUT2D eigenvalue weighted by Gasteiger charge is 2.30. The molecule has 1 N–H and O–H groups in total. The maximum atomic E-state index is 13.5. The number of likely N-dealkylation sites (tertiary alicyclic amines) is 1. The van der Waals surface area contributed by atoms with Crippen LogP contribution in [-0.4, -0.2) is 43.2 Å². The molecule has 1 aliphatic heterocycles. The molecule has 3 aromatic rings. The number of methoxy groups -OCH3 is 2. The number of ether oxygens (including phenoxy) is 2. The molecule has 0 aliphatic carbocycles. The third-order valence-electron chi connectivity index (χ3n) is 6.87. The first kappa shape index (κ1) is 23.7. The number of aromatic hydroxyl groups is 1. The summed E-state index contributed by atoms with van der Waals surface area (Å²) in [6.45, 7) is 3.52. The van der Waals surface area contributed by atoms with Crippen molar-refractivity contribution in [1.29, 1.82) is 0 Å². The normalized spacial score (nSPS) is 15.1. The van der Waals surface area contributed by atoms with Gasteiger partial charge in [-0.25, -0.2) is 0 Å². The Labute approximate surface area is 201 Å². The summed E-state index contributed by atoms with van der Waals surface area (Å²) in [6.07, 6.45) is 2.18. The minimum Gasteiger partial charge on any atom is -0.507 e. The number of piperidine rings is 1. The van der Waals surface area contributed by atoms with E-state index < -0.39 is 0 Å². The minimum absolute atomic E-state index is 0.0670. The van der Waals surface area contributed by atoms with Gasteiger partial charge in [-0.2, -0.15) is 0 Å². The van der Waals surface area contributed by atoms with Crippen molar-refractivity contribution in [1.82, 2.24) is 4.90 Å². The third kappa shape index (κ3) is 5.19. The van der Waals surface area contributed by atoms with Crippen molar-refractivity contribution < 1.29 is 19.4 Å². The molecule has 4 rings (SSSR count). The monoisotopic (exact) mass is 459 g/mol. The van der Waals surface area contributed by atoms with Gasteiger partial charge >= 0.3 is 0 Å². The van der Waals surface area contributed by atoms with Gasteiger partial charge in [0, 0.05) is 43.1 Å². The van der Waals surface area contributed by atoms with Crippen LogP contribution in [-0.2, 0) is 4.79 Å². The Morgan fingerprint density at radius 2 is 1.68 bits per heavy atom. The molecule has 1 saturated heterocycles. The summed E-state index contributed by atoms with van der Waals surface area (Å²) in [5, 5.41) is 10.9. The number of amides is 1. The molecule has 0 radical (unpaired) electrons. The average molecular weight is 460 g/mol. The Hall–Kier alpha value is -3.47. The number of hydrogen-bond acceptors (Lipinski definition) is 4. The fourth-order valence-corrected chi connectivity index (χ4v) is 4.90. The van der Waals surface area contributed by atoms with E-state index in [0.29, 0.717) is 23.0 Å². The third-order valence-corrected chi connectivity index (χ3v) is 6.87. The van der Waals surface area contributed by atoms with Crippen molar-refractivity contribution in [2.24, 2.45) is 0 Å². The van der Waals surface area contributed by atoms with Gasteiger partial charge < -0.3 is 19.5 Å². The number of benzene rings is 3. The van der Waals surface area contributed by atoms with Crippen LogP contribution < -0.4 is 9.47 Å². The molecule has 0 saturated carbocycles. The number of hydrogen-bond donors (Lipinski definition) is 1. The number of phenolic OH excluding ortho intramolecular Hbond substituents is 1. The lowest BCUT2D eigenvalue weighted by atomic mass is 9.85. The molecule has 1 atom stereocenters. The fourth-order valence-electron chi connectivity index (χ4n) is 4.90. The number of phenols is 1. The van der Waals surface area contributed by atoms with Gasteiger partial charge in [-0.3, -0.25) is 4.79 Å². The number of nitrogens with zero attached hydrogens (tertiary/aromatic N) is 1. The Kier molecular flexibility index (Phi) is 7.41. The minimum atomic E-state index is -0.333. The Bertz CT molecular complexity index is 1100. The van der Waals surface area contributed by atoms with Crippen molar-refractivity contribution in [2.75, 3.05) is 27.3 Å². The molecule has 1 amide bonds. The average Bonchev–Trinajstić information content (AvgIpc) is 2.88. The van der Waals surface area contributed by atoms with Gasteiger partial charge in [0.15, 0.2) is 0 Å². The van der Waals surface area contributed by atoms with Crippen LogP contribution in [0.1, 0.15) is 53.4 Å². The SMILES string of the molecule is COc1cc(O)c([C@@H](CC(=O)N2CCC(c3ccccc3)CC2)c2ccc(C)cc2)c(OC)c1. The summed E-state index contributed by atoms with van der Waals surface area (Å²) in [7, 11) is 3.12. The van der Waals surface area contributed by atoms with Gasteiger partial charge in [0.05, 0.1) is 14.2 Å². The first-order valence-electron chi connectivity index (χ1n) is 11.8. The second-order valence-electron chi connectivity index (χ2n) is 9.00. The smallest absolute Gasteiger partial charge is 0.223 e. The number of aryl methyl sites for hydroxylation is 1. The molecule has 0 unspecified atom stereocenters. The van der Waals surface area contributed by atoms with Crippen LogP contribution >= 0.6 is 0 Å². The van der Waals surface area contributed by atoms with E-state index in [1.54, 1.807) is 26.4 Å². The lowest BCUT2D eigenvalue weighted by Crippen LogP contribution is -2.38. The molecular weight excluding hydrogens is 426 g/mol. The van der Waals surface area contributed by atoms with Gasteiger partial charge in [-0.05, 0) is 36.8 Å². The molecule has 0 spiro atoms. The zero-order chi connectivity index (χ0) is 24.1. The van der Waals surface area contributed by atoms with Crippen LogP contribution in [0.4, 0.5) is 0 Å². The number of carbonyl (C=O) groups is 1. The molecule has 1 aliphatic rings. The quantitative estimate of drug-likeness (QED) is 0.496. The van der Waals surface area contributed by atoms with E-state index in [4.69, 9.17) is 9.47 Å². The van der Waals surface area contributed by atoms with E-state index in [1.807, 2.05) is 42.2 Å². The molecule has 178 valence electrons. The zero-order valence-corrected chi connectivity index (χ0v) is 20.2. The van der Waals surface area contributed by atoms with Crippen LogP contribution in [0.15, 0.2) is 66.7 Å². The molecule has 5 nitrogen and oxygen atoms in total. The molecule has 34 heavy (non-hydrogen) atoms. The summed E-state index contributed by atoms with van der Waals surface area (Å²) in [6, 6.07) is 22.0. The molecule has 1 fully saturated rings. The van der Waals surface area contributed by atoms with Gasteiger partial charge in [0.2, 0.25) is 5.91 Å². The number of carbonyl (C=O) groups excluding carboxylic acids is 1. The van der Waals surface area contributed by atoms with Crippen LogP contribution in [0.2, 0.25) is 0 Å². The second-order valence-corrected chi connectivity index (χ2v) is 9.00. The van der Waals surface area contributed by atoms with Gasteiger partial charge in [-0.1, -0.05) is 60.2 Å². The van der Waals surface area contributed by atoms with E-state index in [2.05, 4.69) is 24.3 Å². The first-order chi connectivity index (χ1) is 16.5. The van der Waals surface area contributed by atoms with Crippen molar-refractivity contribution >= 4 is 5.91 Å². The van der Waals surface area contributed by atoms with E-state index in [9.17, 15) is 9.90 Å². The predicted molar refractivity (Wildman–Crippen MR) is 134 cm³/mol. The highest BCUT2D eigenvalue weighted by atomic mass is 16.5. The van der Waals surface area contributed by atoms with Crippen molar-refractivity contribution in [3.8, 4) is 17.2 Å². The molecule has 0 bridgehead atoms. The molecule has 1 heterocycles. The predicted octanol–water partition coefficient (Wildman–Crippen LogP) is 5.65. The maximum absolute atomic E-state index is 13.5. The summed E-state index contributed by atoms with van der Waals surface area (Å²) in [5.74, 6) is 1.34. The van der Waals surface area contributed by atoms with Crippen molar-refractivity contribution in [2.45, 2.75) is 38.0 Å². The fraction of sp³-hybridized carbons (Fsp3) is 0.345. The topological polar surface area (TPSA) is 59.0 Å². The van der Waals surface area contributed by atoms with Crippen molar-refractivity contribution in [3.05, 3.63) is 89.0 Å². The maximum Gasteiger partial charge on any atom is 0.223 e. The number of rotatable bonds is 7. The van der Waals surface area contributed by atoms with Crippen LogP contribution in [0.25, 0.3) is 0 Å². The van der Waals surface area contributed by atoms with E-state index in [1.165, 1.54) is 5.56 Å². The zero-order valence-electron chi connectivity index (χ0n) is 20.2. The molecule has 0 aromatic heterocycles. The second kappa shape index (κ2) is 10.6. The summed E-state index contributed by atoms with van der Waals surface area (Å²) in [5.41, 5.74) is 4.07. The summed E-state index contributed by atoms with van der Waals surface area (Å²) in [4.78, 5) is 15.4. The van der Waals surface area contributed by atoms with Gasteiger partial charge in [0.25, 0.3) is 0 Å². The van der Waals surface area contributed by atoms with Gasteiger partial charge in [0.1, 0.15) is 17.2 Å². The standard InChI is InChI=1S/C29H33NO4/c1-20-9-11-23(12-10-20)25(29-26(31)17-24(33-2)18-27(29)34-3)19-28(32)30-15-13-22(14-16-30)21-7-5-4-6-8-21/h4-12,17-18,22,25,31H,13-16,19H2,1-3H3/t25-/m0/s1. The highest BCUT2D eigenvalue weighted by Crippen LogP contribution is 2.43.